The van der Waals surface area contributed by atoms with Crippen LogP contribution in [0.1, 0.15) is 53.4 Å². The van der Waals surface area contributed by atoms with Crippen molar-refractivity contribution >= 4 is 12.4 Å². The summed E-state index contributed by atoms with van der Waals surface area (Å²) in [6.07, 6.45) is 4.64. The average molecular weight is 243 g/mol. The normalized spacial score (nSPS) is 11.1. The fourth-order valence-corrected chi connectivity index (χ4v) is 1.40. The summed E-state index contributed by atoms with van der Waals surface area (Å²) in [5.41, 5.74) is -0.512. The average Bonchev–Trinajstić information content (AvgIpc) is 2.20. The number of hydrogen-bond acceptors (Lipinski definition) is 3. The van der Waals surface area contributed by atoms with E-state index >= 15 is 0 Å². The molecule has 4 heteroatoms. The first kappa shape index (κ1) is 15.9. The van der Waals surface area contributed by atoms with Gasteiger partial charge in [-0.2, -0.15) is 0 Å². The van der Waals surface area contributed by atoms with E-state index in [9.17, 15) is 9.59 Å². The van der Waals surface area contributed by atoms with Gasteiger partial charge >= 0.3 is 6.09 Å². The minimum Gasteiger partial charge on any atom is -0.444 e. The predicted molar refractivity (Wildman–Crippen MR) is 68.0 cm³/mol. The largest absolute Gasteiger partial charge is 0.444 e. The number of ether oxygens (including phenoxy) is 1. The summed E-state index contributed by atoms with van der Waals surface area (Å²) < 4.78 is 5.24. The highest BCUT2D eigenvalue weighted by molar-refractivity contribution is 5.71. The van der Waals surface area contributed by atoms with Gasteiger partial charge in [0.05, 0.1) is 6.54 Å². The Hall–Kier alpha value is -1.06. The van der Waals surface area contributed by atoms with E-state index in [0.29, 0.717) is 6.54 Å². The van der Waals surface area contributed by atoms with E-state index in [1.165, 1.54) is 4.90 Å². The van der Waals surface area contributed by atoms with Crippen molar-refractivity contribution in [3.05, 3.63) is 0 Å². The summed E-state index contributed by atoms with van der Waals surface area (Å²) in [5.74, 6) is 0. The zero-order chi connectivity index (χ0) is 13.3. The molecule has 17 heavy (non-hydrogen) atoms. The van der Waals surface area contributed by atoms with E-state index < -0.39 is 11.7 Å². The predicted octanol–water partition coefficient (Wildman–Crippen LogP) is 3.00. The fraction of sp³-hybridized carbons (Fsp3) is 0.846. The highest BCUT2D eigenvalue weighted by Crippen LogP contribution is 2.10. The molecule has 0 fully saturated rings. The lowest BCUT2D eigenvalue weighted by Crippen LogP contribution is -2.38. The first-order valence-corrected chi connectivity index (χ1v) is 6.32. The van der Waals surface area contributed by atoms with Crippen LogP contribution in [0.15, 0.2) is 0 Å². The first-order valence-electron chi connectivity index (χ1n) is 6.32. The molecule has 0 aromatic rings. The summed E-state index contributed by atoms with van der Waals surface area (Å²) in [7, 11) is 0. The number of carbonyl (C=O) groups excluding carboxylic acids is 2. The van der Waals surface area contributed by atoms with E-state index in [-0.39, 0.29) is 6.54 Å². The molecule has 0 aromatic heterocycles. The topological polar surface area (TPSA) is 46.6 Å². The number of unbranched alkanes of at least 4 members (excludes halogenated alkanes) is 3. The van der Waals surface area contributed by atoms with Crippen LogP contribution in [0.25, 0.3) is 0 Å². The second kappa shape index (κ2) is 8.09. The van der Waals surface area contributed by atoms with Crippen molar-refractivity contribution in [2.75, 3.05) is 13.1 Å². The summed E-state index contributed by atoms with van der Waals surface area (Å²) >= 11 is 0. The molecule has 0 N–H and O–H groups in total. The van der Waals surface area contributed by atoms with Crippen LogP contribution in [0.2, 0.25) is 0 Å². The molecule has 0 aromatic carbocycles. The maximum absolute atomic E-state index is 11.8. The van der Waals surface area contributed by atoms with Crippen LogP contribution < -0.4 is 0 Å². The Morgan fingerprint density at radius 3 is 2.35 bits per heavy atom. The molecular weight excluding hydrogens is 218 g/mol. The van der Waals surface area contributed by atoms with Crippen molar-refractivity contribution in [3.8, 4) is 0 Å². The summed E-state index contributed by atoms with van der Waals surface area (Å²) in [5, 5.41) is 0. The molecule has 100 valence electrons. The van der Waals surface area contributed by atoms with Gasteiger partial charge in [-0.3, -0.25) is 0 Å². The van der Waals surface area contributed by atoms with E-state index in [1.54, 1.807) is 0 Å². The van der Waals surface area contributed by atoms with Crippen molar-refractivity contribution in [1.82, 2.24) is 4.90 Å². The molecule has 4 nitrogen and oxygen atoms in total. The molecule has 0 bridgehead atoms. The van der Waals surface area contributed by atoms with Gasteiger partial charge in [0.1, 0.15) is 11.9 Å². The highest BCUT2D eigenvalue weighted by atomic mass is 16.6. The summed E-state index contributed by atoms with van der Waals surface area (Å²) in [6.45, 7) is 8.30. The van der Waals surface area contributed by atoms with E-state index in [0.717, 1.165) is 32.0 Å². The number of nitrogens with zero attached hydrogens (tertiary/aromatic N) is 1. The van der Waals surface area contributed by atoms with Crippen LogP contribution in [-0.4, -0.2) is 36.0 Å². The van der Waals surface area contributed by atoms with Gasteiger partial charge in [0.2, 0.25) is 0 Å². The molecule has 0 aliphatic rings. The Kier molecular flexibility index (Phi) is 7.59. The summed E-state index contributed by atoms with van der Waals surface area (Å²) in [4.78, 5) is 23.7. The Labute approximate surface area is 104 Å². The molecule has 0 saturated carbocycles. The SMILES string of the molecule is CCCCCCN(CC=O)C(=O)OC(C)(C)C. The lowest BCUT2D eigenvalue weighted by atomic mass is 10.2. The zero-order valence-corrected chi connectivity index (χ0v) is 11.5. The van der Waals surface area contributed by atoms with E-state index in [1.807, 2.05) is 20.8 Å². The van der Waals surface area contributed by atoms with Crippen molar-refractivity contribution in [2.45, 2.75) is 59.0 Å². The minimum absolute atomic E-state index is 0.112. The van der Waals surface area contributed by atoms with E-state index in [2.05, 4.69) is 6.92 Å². The van der Waals surface area contributed by atoms with Crippen molar-refractivity contribution in [1.29, 1.82) is 0 Å². The number of amides is 1. The van der Waals surface area contributed by atoms with Gasteiger partial charge in [0.15, 0.2) is 0 Å². The van der Waals surface area contributed by atoms with Crippen LogP contribution in [0.4, 0.5) is 4.79 Å². The second-order valence-electron chi connectivity index (χ2n) is 5.15. The minimum atomic E-state index is -0.512. The molecule has 0 unspecified atom stereocenters. The molecule has 0 aliphatic carbocycles. The Morgan fingerprint density at radius 1 is 1.24 bits per heavy atom. The number of aldehydes is 1. The van der Waals surface area contributed by atoms with Crippen LogP contribution in [0.5, 0.6) is 0 Å². The third kappa shape index (κ3) is 8.72. The number of hydrogen-bond donors (Lipinski definition) is 0. The highest BCUT2D eigenvalue weighted by Gasteiger charge is 2.21. The molecule has 0 heterocycles. The maximum Gasteiger partial charge on any atom is 0.410 e. The molecular formula is C13H25NO3. The van der Waals surface area contributed by atoms with E-state index in [4.69, 9.17) is 4.74 Å². The molecule has 0 aliphatic heterocycles. The van der Waals surface area contributed by atoms with Crippen LogP contribution in [0, 0.1) is 0 Å². The van der Waals surface area contributed by atoms with Gasteiger partial charge in [-0.05, 0) is 27.2 Å². The van der Waals surface area contributed by atoms with Crippen LogP contribution >= 0.6 is 0 Å². The quantitative estimate of drug-likeness (QED) is 0.510. The lowest BCUT2D eigenvalue weighted by Gasteiger charge is -2.26. The van der Waals surface area contributed by atoms with Gasteiger partial charge in [-0.15, -0.1) is 0 Å². The standard InChI is InChI=1S/C13H25NO3/c1-5-6-7-8-9-14(10-11-15)12(16)17-13(2,3)4/h11H,5-10H2,1-4H3. The van der Waals surface area contributed by atoms with Gasteiger partial charge in [-0.1, -0.05) is 26.2 Å². The summed E-state index contributed by atoms with van der Waals surface area (Å²) in [6, 6.07) is 0. The Bertz CT molecular complexity index is 233. The fourth-order valence-electron chi connectivity index (χ4n) is 1.40. The number of carbonyl (C=O) groups is 2. The smallest absolute Gasteiger partial charge is 0.410 e. The van der Waals surface area contributed by atoms with Gasteiger partial charge in [0, 0.05) is 6.54 Å². The maximum atomic E-state index is 11.8. The molecule has 0 rings (SSSR count). The molecule has 0 saturated heterocycles. The number of rotatable bonds is 7. The lowest BCUT2D eigenvalue weighted by molar-refractivity contribution is -0.109. The van der Waals surface area contributed by atoms with Crippen molar-refractivity contribution < 1.29 is 14.3 Å². The molecule has 0 atom stereocenters. The van der Waals surface area contributed by atoms with Gasteiger partial charge in [0.25, 0.3) is 0 Å². The van der Waals surface area contributed by atoms with Crippen molar-refractivity contribution in [2.24, 2.45) is 0 Å². The van der Waals surface area contributed by atoms with Gasteiger partial charge < -0.3 is 14.4 Å². The third-order valence-electron chi connectivity index (χ3n) is 2.23. The molecule has 1 amide bonds. The van der Waals surface area contributed by atoms with Crippen LogP contribution in [-0.2, 0) is 9.53 Å². The molecule has 0 radical (unpaired) electrons. The first-order chi connectivity index (χ1) is 7.90. The zero-order valence-electron chi connectivity index (χ0n) is 11.5. The second-order valence-corrected chi connectivity index (χ2v) is 5.15. The Morgan fingerprint density at radius 2 is 1.88 bits per heavy atom. The van der Waals surface area contributed by atoms with Crippen molar-refractivity contribution in [3.63, 3.8) is 0 Å². The van der Waals surface area contributed by atoms with Gasteiger partial charge in [-0.25, -0.2) is 4.79 Å². The third-order valence-corrected chi connectivity index (χ3v) is 2.23. The monoisotopic (exact) mass is 243 g/mol. The van der Waals surface area contributed by atoms with Crippen LogP contribution in [0.3, 0.4) is 0 Å². The Balaban J connectivity index is 4.12. The molecule has 0 spiro atoms.